The maximum atomic E-state index is 13.6. The lowest BCUT2D eigenvalue weighted by molar-refractivity contribution is -0.128. The number of ether oxygens (including phenoxy) is 4. The molecule has 2 aromatic carbocycles. The smallest absolute Gasteiger partial charge is 0.410 e. The van der Waals surface area contributed by atoms with Crippen molar-refractivity contribution in [2.24, 2.45) is 28.8 Å². The lowest BCUT2D eigenvalue weighted by atomic mass is 9.80. The van der Waals surface area contributed by atoms with Gasteiger partial charge in [-0.15, -0.1) is 0 Å². The molecule has 0 saturated carbocycles. The first-order valence-electron chi connectivity index (χ1n) is 17.8. The van der Waals surface area contributed by atoms with E-state index in [1.54, 1.807) is 19.1 Å². The summed E-state index contributed by atoms with van der Waals surface area (Å²) < 4.78 is 22.1. The third kappa shape index (κ3) is 13.0. The van der Waals surface area contributed by atoms with Gasteiger partial charge in [0.15, 0.2) is 11.5 Å². The summed E-state index contributed by atoms with van der Waals surface area (Å²) in [5.74, 6) is 0.970. The second-order valence-electron chi connectivity index (χ2n) is 13.9. The first-order chi connectivity index (χ1) is 24.1. The minimum atomic E-state index is -0.998. The summed E-state index contributed by atoms with van der Waals surface area (Å²) in [6, 6.07) is 14.6. The molecule has 0 spiro atoms. The van der Waals surface area contributed by atoms with E-state index in [9.17, 15) is 20.2 Å². The van der Waals surface area contributed by atoms with Gasteiger partial charge in [0.25, 0.3) is 0 Å². The van der Waals surface area contributed by atoms with Crippen LogP contribution in [-0.4, -0.2) is 80.7 Å². The molecule has 1 saturated heterocycles. The molecule has 1 fully saturated rings. The van der Waals surface area contributed by atoms with Crippen LogP contribution in [0.3, 0.4) is 0 Å². The number of nitrogens with zero attached hydrogens (tertiary/aromatic N) is 4. The van der Waals surface area contributed by atoms with Gasteiger partial charge in [0, 0.05) is 50.1 Å². The predicted octanol–water partition coefficient (Wildman–Crippen LogP) is 6.93. The van der Waals surface area contributed by atoms with Crippen LogP contribution in [0.4, 0.5) is 4.79 Å². The number of nitrogens with one attached hydrogen (secondary N) is 1. The highest BCUT2D eigenvalue weighted by molar-refractivity contribution is 5.79. The monoisotopic (exact) mass is 695 g/mol. The van der Waals surface area contributed by atoms with Crippen LogP contribution >= 0.6 is 0 Å². The fraction of sp³-hybridized carbons (Fsp3) is 0.632. The Morgan fingerprint density at radius 1 is 0.980 bits per heavy atom. The van der Waals surface area contributed by atoms with Gasteiger partial charge in [-0.3, -0.25) is 4.79 Å². The third-order valence-electron chi connectivity index (χ3n) is 9.55. The van der Waals surface area contributed by atoms with Crippen molar-refractivity contribution >= 4 is 12.0 Å². The molecule has 0 aliphatic carbocycles. The number of amides is 2. The highest BCUT2D eigenvalue weighted by atomic mass is 16.6. The average molecular weight is 696 g/mol. The van der Waals surface area contributed by atoms with Gasteiger partial charge in [-0.05, 0) is 78.6 Å². The molecule has 0 aromatic heterocycles. The van der Waals surface area contributed by atoms with E-state index in [0.717, 1.165) is 17.5 Å². The standard InChI is InChI=1S/C38H57N5O7/c1-26(2)30(21-29-13-14-35(48-6)36(22-29)49-20-10-19-47-5)23-33(41-42-39)34(44)24-32(27(3)4)37(45)40-31-15-17-43(18-16-31)38(46)50-25-28-11-8-7-9-12-28/h7-9,11-14,22,26-27,30-34,44H,10,15-21,23-25H2,1-6H3,(H,40,45). The zero-order chi connectivity index (χ0) is 36.5. The van der Waals surface area contributed by atoms with Crippen LogP contribution in [0.1, 0.15) is 70.9 Å². The number of hydrogen-bond acceptors (Lipinski definition) is 8. The Kier molecular flexibility index (Phi) is 17.2. The minimum absolute atomic E-state index is 0.0491. The van der Waals surface area contributed by atoms with Gasteiger partial charge in [-0.1, -0.05) is 69.2 Å². The molecule has 2 aromatic rings. The Morgan fingerprint density at radius 3 is 2.32 bits per heavy atom. The molecule has 4 unspecified atom stereocenters. The Labute approximate surface area is 297 Å². The number of piperidine rings is 1. The van der Waals surface area contributed by atoms with E-state index < -0.39 is 18.1 Å². The Hall–Kier alpha value is -3.99. The molecular formula is C38H57N5O7. The molecule has 50 heavy (non-hydrogen) atoms. The first kappa shape index (κ1) is 40.4. The number of carbonyl (C=O) groups is 2. The number of azide groups is 1. The van der Waals surface area contributed by atoms with Gasteiger partial charge in [-0.25, -0.2) is 4.79 Å². The maximum Gasteiger partial charge on any atom is 0.410 e. The van der Waals surface area contributed by atoms with E-state index in [-0.39, 0.29) is 48.8 Å². The molecule has 0 radical (unpaired) electrons. The Balaban J connectivity index is 1.58. The van der Waals surface area contributed by atoms with Gasteiger partial charge in [-0.2, -0.15) is 0 Å². The molecule has 3 rings (SSSR count). The predicted molar refractivity (Wildman–Crippen MR) is 193 cm³/mol. The molecule has 0 bridgehead atoms. The molecule has 12 heteroatoms. The summed E-state index contributed by atoms with van der Waals surface area (Å²) in [5.41, 5.74) is 11.4. The molecule has 1 heterocycles. The number of aliphatic hydroxyl groups is 1. The number of hydrogen-bond donors (Lipinski definition) is 2. The van der Waals surface area contributed by atoms with E-state index in [1.807, 2.05) is 62.4 Å². The van der Waals surface area contributed by atoms with E-state index in [4.69, 9.17) is 18.9 Å². The minimum Gasteiger partial charge on any atom is -0.493 e. The molecule has 2 amide bonds. The Morgan fingerprint density at radius 2 is 1.70 bits per heavy atom. The molecule has 2 N–H and O–H groups in total. The van der Waals surface area contributed by atoms with E-state index >= 15 is 0 Å². The molecule has 276 valence electrons. The normalized spacial score (nSPS) is 15.9. The van der Waals surface area contributed by atoms with Crippen molar-refractivity contribution in [2.75, 3.05) is 40.5 Å². The second-order valence-corrected chi connectivity index (χ2v) is 13.9. The summed E-state index contributed by atoms with van der Waals surface area (Å²) in [7, 11) is 3.27. The molecule has 12 nitrogen and oxygen atoms in total. The van der Waals surface area contributed by atoms with Crippen molar-refractivity contribution in [1.29, 1.82) is 0 Å². The van der Waals surface area contributed by atoms with Crippen LogP contribution < -0.4 is 14.8 Å². The van der Waals surface area contributed by atoms with E-state index in [1.165, 1.54) is 0 Å². The summed E-state index contributed by atoms with van der Waals surface area (Å²) in [4.78, 5) is 30.9. The topological polar surface area (TPSA) is 155 Å². The van der Waals surface area contributed by atoms with Crippen molar-refractivity contribution in [3.8, 4) is 11.5 Å². The summed E-state index contributed by atoms with van der Waals surface area (Å²) in [6.45, 7) is 10.4. The van der Waals surface area contributed by atoms with Crippen molar-refractivity contribution in [3.05, 3.63) is 70.1 Å². The highest BCUT2D eigenvalue weighted by Gasteiger charge is 2.33. The van der Waals surface area contributed by atoms with Crippen molar-refractivity contribution in [3.63, 3.8) is 0 Å². The lowest BCUT2D eigenvalue weighted by Gasteiger charge is -2.34. The fourth-order valence-electron chi connectivity index (χ4n) is 6.32. The third-order valence-corrected chi connectivity index (χ3v) is 9.55. The summed E-state index contributed by atoms with van der Waals surface area (Å²) >= 11 is 0. The molecule has 4 atom stereocenters. The molecular weight excluding hydrogens is 638 g/mol. The van der Waals surface area contributed by atoms with Crippen molar-refractivity contribution < 1.29 is 33.6 Å². The van der Waals surface area contributed by atoms with E-state index in [0.29, 0.717) is 63.5 Å². The van der Waals surface area contributed by atoms with Crippen LogP contribution in [0.25, 0.3) is 10.4 Å². The van der Waals surface area contributed by atoms with Crippen LogP contribution in [0.5, 0.6) is 11.5 Å². The number of likely N-dealkylation sites (tertiary alicyclic amines) is 1. The zero-order valence-corrected chi connectivity index (χ0v) is 30.6. The fourth-order valence-corrected chi connectivity index (χ4v) is 6.32. The number of carbonyl (C=O) groups excluding carboxylic acids is 2. The van der Waals surface area contributed by atoms with Crippen LogP contribution in [-0.2, 0) is 27.3 Å². The molecule has 1 aliphatic heterocycles. The summed E-state index contributed by atoms with van der Waals surface area (Å²) in [6.07, 6.45) is 1.95. The Bertz CT molecular complexity index is 1360. The van der Waals surface area contributed by atoms with Crippen molar-refractivity contribution in [2.45, 2.75) is 91.0 Å². The van der Waals surface area contributed by atoms with Crippen LogP contribution in [0.2, 0.25) is 0 Å². The number of benzene rings is 2. The van der Waals surface area contributed by atoms with Crippen LogP contribution in [0.15, 0.2) is 53.6 Å². The zero-order valence-electron chi connectivity index (χ0n) is 30.6. The maximum absolute atomic E-state index is 13.6. The van der Waals surface area contributed by atoms with Crippen LogP contribution in [0, 0.1) is 23.7 Å². The van der Waals surface area contributed by atoms with Gasteiger partial charge in [0.1, 0.15) is 6.61 Å². The number of rotatable bonds is 20. The average Bonchev–Trinajstić information content (AvgIpc) is 3.11. The van der Waals surface area contributed by atoms with Gasteiger partial charge in [0.05, 0.1) is 25.9 Å². The largest absolute Gasteiger partial charge is 0.493 e. The number of methoxy groups -OCH3 is 2. The van der Waals surface area contributed by atoms with E-state index in [2.05, 4.69) is 29.2 Å². The van der Waals surface area contributed by atoms with Gasteiger partial charge < -0.3 is 34.3 Å². The summed E-state index contributed by atoms with van der Waals surface area (Å²) in [5, 5.41) is 18.6. The molecule has 1 aliphatic rings. The quantitative estimate of drug-likeness (QED) is 0.0658. The number of aliphatic hydroxyl groups excluding tert-OH is 1. The lowest BCUT2D eigenvalue weighted by Crippen LogP contribution is -2.49. The SMILES string of the molecule is COCCCOc1cc(CC(CC(N=[N+]=[N-])C(O)CC(C(=O)NC2CCN(C(=O)OCc3ccccc3)CC2)C(C)C)C(C)C)ccc1OC. The van der Waals surface area contributed by atoms with Crippen molar-refractivity contribution in [1.82, 2.24) is 10.2 Å². The second kappa shape index (κ2) is 21.3. The van der Waals surface area contributed by atoms with Gasteiger partial charge in [0.2, 0.25) is 5.91 Å². The highest BCUT2D eigenvalue weighted by Crippen LogP contribution is 2.33. The van der Waals surface area contributed by atoms with Gasteiger partial charge >= 0.3 is 6.09 Å². The first-order valence-corrected chi connectivity index (χ1v) is 17.8.